The summed E-state index contributed by atoms with van der Waals surface area (Å²) in [6.45, 7) is 3.70. The second-order valence-corrected chi connectivity index (χ2v) is 2.60. The molecule has 11 heavy (non-hydrogen) atoms. The third-order valence-corrected chi connectivity index (χ3v) is 1.36. The van der Waals surface area contributed by atoms with Crippen LogP contribution in [0, 0.1) is 0 Å². The van der Waals surface area contributed by atoms with Crippen molar-refractivity contribution in [2.24, 2.45) is 0 Å². The molecule has 4 nitrogen and oxygen atoms in total. The summed E-state index contributed by atoms with van der Waals surface area (Å²) >= 11 is 0. The number of hydrogen-bond donors (Lipinski definition) is 1. The van der Waals surface area contributed by atoms with E-state index in [0.717, 1.165) is 6.20 Å². The van der Waals surface area contributed by atoms with E-state index in [0.29, 0.717) is 0 Å². The molecule has 0 spiro atoms. The number of hydrogen-bond acceptors (Lipinski definition) is 3. The SMILES string of the molecule is CC(C)n1cc(O)cnc1=O. The van der Waals surface area contributed by atoms with E-state index >= 15 is 0 Å². The second kappa shape index (κ2) is 2.74. The molecule has 1 N–H and O–H groups in total. The number of aromatic hydroxyl groups is 1. The van der Waals surface area contributed by atoms with E-state index in [4.69, 9.17) is 5.11 Å². The summed E-state index contributed by atoms with van der Waals surface area (Å²) in [5.74, 6) is 0.0123. The predicted octanol–water partition coefficient (Wildman–Crippen LogP) is 0.530. The van der Waals surface area contributed by atoms with Gasteiger partial charge in [0.15, 0.2) is 0 Å². The van der Waals surface area contributed by atoms with Crippen molar-refractivity contribution in [2.45, 2.75) is 19.9 Å². The molecule has 0 bridgehead atoms. The lowest BCUT2D eigenvalue weighted by Gasteiger charge is -2.07. The summed E-state index contributed by atoms with van der Waals surface area (Å²) in [4.78, 5) is 14.4. The van der Waals surface area contributed by atoms with Crippen molar-refractivity contribution >= 4 is 0 Å². The predicted molar refractivity (Wildman–Crippen MR) is 40.5 cm³/mol. The molecule has 1 aromatic rings. The largest absolute Gasteiger partial charge is 0.505 e. The third-order valence-electron chi connectivity index (χ3n) is 1.36. The van der Waals surface area contributed by atoms with Crippen LogP contribution in [0.1, 0.15) is 19.9 Å². The molecule has 0 aliphatic rings. The molecule has 0 fully saturated rings. The van der Waals surface area contributed by atoms with Crippen molar-refractivity contribution in [3.8, 4) is 5.75 Å². The van der Waals surface area contributed by atoms with Gasteiger partial charge >= 0.3 is 5.69 Å². The highest BCUT2D eigenvalue weighted by Crippen LogP contribution is 2.05. The standard InChI is InChI=1S/C7H10N2O2/c1-5(2)9-4-6(10)3-8-7(9)11/h3-5,10H,1-2H3. The van der Waals surface area contributed by atoms with Crippen LogP contribution in [-0.2, 0) is 0 Å². The number of nitrogens with zero attached hydrogens (tertiary/aromatic N) is 2. The molecule has 0 unspecified atom stereocenters. The Balaban J connectivity index is 3.24. The van der Waals surface area contributed by atoms with Crippen LogP contribution < -0.4 is 5.69 Å². The monoisotopic (exact) mass is 154 g/mol. The highest BCUT2D eigenvalue weighted by atomic mass is 16.3. The molecular weight excluding hydrogens is 144 g/mol. The molecule has 0 saturated carbocycles. The molecule has 0 aromatic carbocycles. The van der Waals surface area contributed by atoms with E-state index in [1.165, 1.54) is 10.8 Å². The van der Waals surface area contributed by atoms with Gasteiger partial charge in [-0.05, 0) is 13.8 Å². The lowest BCUT2D eigenvalue weighted by molar-refractivity contribution is 0.450. The van der Waals surface area contributed by atoms with Crippen LogP contribution >= 0.6 is 0 Å². The zero-order valence-electron chi connectivity index (χ0n) is 6.48. The van der Waals surface area contributed by atoms with Gasteiger partial charge in [0.1, 0.15) is 5.75 Å². The molecule has 1 rings (SSSR count). The lowest BCUT2D eigenvalue weighted by atomic mass is 10.4. The molecule has 1 aromatic heterocycles. The van der Waals surface area contributed by atoms with Crippen molar-refractivity contribution in [1.29, 1.82) is 0 Å². The smallest absolute Gasteiger partial charge is 0.347 e. The van der Waals surface area contributed by atoms with Gasteiger partial charge < -0.3 is 5.11 Å². The maximum atomic E-state index is 11.0. The maximum absolute atomic E-state index is 11.0. The minimum atomic E-state index is -0.335. The summed E-state index contributed by atoms with van der Waals surface area (Å²) in [5, 5.41) is 8.96. The van der Waals surface area contributed by atoms with Crippen LogP contribution in [-0.4, -0.2) is 14.7 Å². The van der Waals surface area contributed by atoms with E-state index in [-0.39, 0.29) is 17.5 Å². The van der Waals surface area contributed by atoms with E-state index < -0.39 is 0 Å². The maximum Gasteiger partial charge on any atom is 0.347 e. The summed E-state index contributed by atoms with van der Waals surface area (Å²) in [7, 11) is 0. The summed E-state index contributed by atoms with van der Waals surface area (Å²) in [6.07, 6.45) is 2.52. The highest BCUT2D eigenvalue weighted by molar-refractivity contribution is 5.08. The van der Waals surface area contributed by atoms with Gasteiger partial charge in [-0.15, -0.1) is 0 Å². The fraction of sp³-hybridized carbons (Fsp3) is 0.429. The Morgan fingerprint density at radius 1 is 1.64 bits per heavy atom. The van der Waals surface area contributed by atoms with Gasteiger partial charge in [0.25, 0.3) is 0 Å². The quantitative estimate of drug-likeness (QED) is 0.642. The normalized spacial score (nSPS) is 10.5. The van der Waals surface area contributed by atoms with E-state index in [2.05, 4.69) is 4.98 Å². The summed E-state index contributed by atoms with van der Waals surface area (Å²) in [5.41, 5.74) is -0.335. The fourth-order valence-electron chi connectivity index (χ4n) is 0.789. The van der Waals surface area contributed by atoms with Gasteiger partial charge in [-0.25, -0.2) is 4.79 Å². The van der Waals surface area contributed by atoms with Crippen LogP contribution in [0.2, 0.25) is 0 Å². The van der Waals surface area contributed by atoms with E-state index in [1.807, 2.05) is 13.8 Å². The molecular formula is C7H10N2O2. The second-order valence-electron chi connectivity index (χ2n) is 2.60. The molecule has 60 valence electrons. The average molecular weight is 154 g/mol. The van der Waals surface area contributed by atoms with Gasteiger partial charge in [0.2, 0.25) is 0 Å². The molecule has 0 atom stereocenters. The summed E-state index contributed by atoms with van der Waals surface area (Å²) in [6, 6.07) is 0.0297. The van der Waals surface area contributed by atoms with Gasteiger partial charge in [-0.3, -0.25) is 4.57 Å². The molecule has 0 radical (unpaired) electrons. The van der Waals surface area contributed by atoms with Crippen LogP contribution in [0.4, 0.5) is 0 Å². The Morgan fingerprint density at radius 2 is 2.27 bits per heavy atom. The first-order valence-corrected chi connectivity index (χ1v) is 3.38. The molecule has 0 aliphatic carbocycles. The first-order valence-electron chi connectivity index (χ1n) is 3.38. The Hall–Kier alpha value is -1.32. The van der Waals surface area contributed by atoms with Gasteiger partial charge in [0.05, 0.1) is 12.4 Å². The number of rotatable bonds is 1. The minimum Gasteiger partial charge on any atom is -0.505 e. The Bertz CT molecular complexity index is 304. The van der Waals surface area contributed by atoms with Crippen LogP contribution in [0.5, 0.6) is 5.75 Å². The van der Waals surface area contributed by atoms with Crippen LogP contribution in [0.15, 0.2) is 17.2 Å². The average Bonchev–Trinajstić information content (AvgIpc) is 1.94. The first-order chi connectivity index (χ1) is 5.11. The molecule has 0 saturated heterocycles. The molecule has 1 heterocycles. The summed E-state index contributed by atoms with van der Waals surface area (Å²) < 4.78 is 1.37. The van der Waals surface area contributed by atoms with Crippen molar-refractivity contribution in [2.75, 3.05) is 0 Å². The van der Waals surface area contributed by atoms with Crippen molar-refractivity contribution in [3.05, 3.63) is 22.9 Å². The fourth-order valence-corrected chi connectivity index (χ4v) is 0.789. The van der Waals surface area contributed by atoms with Gasteiger partial charge in [-0.1, -0.05) is 0 Å². The zero-order valence-corrected chi connectivity index (χ0v) is 6.48. The Kier molecular flexibility index (Phi) is 1.94. The minimum absolute atomic E-state index is 0.0123. The van der Waals surface area contributed by atoms with Crippen molar-refractivity contribution < 1.29 is 5.11 Å². The molecule has 0 aliphatic heterocycles. The van der Waals surface area contributed by atoms with Crippen molar-refractivity contribution in [1.82, 2.24) is 9.55 Å². The van der Waals surface area contributed by atoms with E-state index in [1.54, 1.807) is 0 Å². The molecule has 0 amide bonds. The van der Waals surface area contributed by atoms with Gasteiger partial charge in [-0.2, -0.15) is 4.98 Å². The Labute approximate surface area is 64.1 Å². The topological polar surface area (TPSA) is 55.1 Å². The van der Waals surface area contributed by atoms with E-state index in [9.17, 15) is 4.79 Å². The zero-order chi connectivity index (χ0) is 8.43. The van der Waals surface area contributed by atoms with Crippen LogP contribution in [0.3, 0.4) is 0 Å². The van der Waals surface area contributed by atoms with Crippen molar-refractivity contribution in [3.63, 3.8) is 0 Å². The molecule has 4 heteroatoms. The Morgan fingerprint density at radius 3 is 2.73 bits per heavy atom. The lowest BCUT2D eigenvalue weighted by Crippen LogP contribution is -2.22. The number of aromatic nitrogens is 2. The third kappa shape index (κ3) is 1.58. The first kappa shape index (κ1) is 7.78. The van der Waals surface area contributed by atoms with Crippen LogP contribution in [0.25, 0.3) is 0 Å². The highest BCUT2D eigenvalue weighted by Gasteiger charge is 2.01. The van der Waals surface area contributed by atoms with Gasteiger partial charge in [0, 0.05) is 6.04 Å².